The molecule has 2 aliphatic rings. The van der Waals surface area contributed by atoms with E-state index in [1.165, 1.54) is 49.0 Å². The van der Waals surface area contributed by atoms with Gasteiger partial charge in [-0.15, -0.1) is 11.8 Å². The van der Waals surface area contributed by atoms with Gasteiger partial charge in [0.2, 0.25) is 0 Å². The van der Waals surface area contributed by atoms with Gasteiger partial charge in [0.05, 0.1) is 0 Å². The van der Waals surface area contributed by atoms with Crippen LogP contribution in [0.1, 0.15) is 11.5 Å². The molecule has 4 heteroatoms. The predicted molar refractivity (Wildman–Crippen MR) is 246 cm³/mol. The van der Waals surface area contributed by atoms with Crippen molar-refractivity contribution < 1.29 is 0 Å². The maximum atomic E-state index is 5.12. The summed E-state index contributed by atoms with van der Waals surface area (Å²) < 4.78 is 0. The van der Waals surface area contributed by atoms with Crippen LogP contribution in [-0.4, -0.2) is 20.2 Å². The second kappa shape index (κ2) is 15.0. The quantitative estimate of drug-likeness (QED) is 0.162. The molecular weight excluding hydrogens is 735 g/mol. The lowest BCUT2D eigenvalue weighted by Crippen LogP contribution is -2.06. The molecule has 0 bridgehead atoms. The second-order valence-electron chi connectivity index (χ2n) is 15.1. The number of aromatic nitrogens is 3. The van der Waals surface area contributed by atoms with Crippen molar-refractivity contribution in [2.75, 3.05) is 0 Å². The van der Waals surface area contributed by atoms with E-state index in [0.29, 0.717) is 28.6 Å². The van der Waals surface area contributed by atoms with Gasteiger partial charge < -0.3 is 0 Å². The summed E-state index contributed by atoms with van der Waals surface area (Å²) >= 11 is 1.97. The lowest BCUT2D eigenvalue weighted by atomic mass is 9.90. The molecule has 1 aromatic heterocycles. The fourth-order valence-corrected chi connectivity index (χ4v) is 9.91. The summed E-state index contributed by atoms with van der Waals surface area (Å²) in [6.45, 7) is 0. The molecule has 0 saturated carbocycles. The van der Waals surface area contributed by atoms with Crippen molar-refractivity contribution in [3.05, 3.63) is 218 Å². The maximum Gasteiger partial charge on any atom is 0.164 e. The van der Waals surface area contributed by atoms with Crippen LogP contribution in [-0.2, 0) is 0 Å². The first-order valence-corrected chi connectivity index (χ1v) is 21.0. The Morgan fingerprint density at radius 3 is 1.39 bits per heavy atom. The Morgan fingerprint density at radius 1 is 0.339 bits per heavy atom. The molecule has 1 aliphatic carbocycles. The minimum absolute atomic E-state index is 0.427. The fourth-order valence-electron chi connectivity index (χ4n) is 8.43. The van der Waals surface area contributed by atoms with Crippen LogP contribution in [0.2, 0.25) is 0 Å². The maximum absolute atomic E-state index is 5.12. The summed E-state index contributed by atoms with van der Waals surface area (Å²) in [5.41, 5.74) is 13.8. The van der Waals surface area contributed by atoms with Crippen molar-refractivity contribution >= 4 is 22.5 Å². The van der Waals surface area contributed by atoms with Crippen molar-refractivity contribution in [1.82, 2.24) is 15.0 Å². The number of hydrogen-bond donors (Lipinski definition) is 0. The number of thioether (sulfide) groups is 1. The van der Waals surface area contributed by atoms with Crippen molar-refractivity contribution in [2.45, 2.75) is 16.1 Å². The van der Waals surface area contributed by atoms with Gasteiger partial charge in [0.15, 0.2) is 17.5 Å². The predicted octanol–water partition coefficient (Wildman–Crippen LogP) is 14.4. The highest BCUT2D eigenvalue weighted by Crippen LogP contribution is 2.51. The van der Waals surface area contributed by atoms with Crippen molar-refractivity contribution in [3.8, 4) is 78.7 Å². The van der Waals surface area contributed by atoms with Gasteiger partial charge in [0, 0.05) is 32.8 Å². The third kappa shape index (κ3) is 6.68. The zero-order chi connectivity index (χ0) is 39.1. The highest BCUT2D eigenvalue weighted by molar-refractivity contribution is 8.00. The van der Waals surface area contributed by atoms with Crippen LogP contribution in [0.15, 0.2) is 217 Å². The number of rotatable bonds is 7. The monoisotopic (exact) mass is 771 g/mol. The molecule has 8 aromatic carbocycles. The first-order chi connectivity index (χ1) is 29.2. The molecule has 0 radical (unpaired) electrons. The summed E-state index contributed by atoms with van der Waals surface area (Å²) in [4.78, 5) is 16.7. The second-order valence-corrected chi connectivity index (χ2v) is 16.3. The lowest BCUT2D eigenvalue weighted by Gasteiger charge is -2.14. The molecule has 59 heavy (non-hydrogen) atoms. The number of fused-ring (bicyclic) bond motifs is 4. The van der Waals surface area contributed by atoms with Gasteiger partial charge in [-0.2, -0.15) is 0 Å². The average Bonchev–Trinajstić information content (AvgIpc) is 3.71. The number of allylic oxidation sites excluding steroid dienone is 3. The van der Waals surface area contributed by atoms with Gasteiger partial charge in [-0.25, -0.2) is 15.0 Å². The van der Waals surface area contributed by atoms with Crippen LogP contribution < -0.4 is 0 Å². The number of hydrogen-bond acceptors (Lipinski definition) is 4. The molecule has 0 amide bonds. The summed E-state index contributed by atoms with van der Waals surface area (Å²) in [5, 5.41) is 2.91. The smallest absolute Gasteiger partial charge is 0.164 e. The standard InChI is InChI=1S/C55H37N3S/c1-2-10-36(11-3-1)37-20-22-38(23-21-37)39-24-30-43(31-25-39)53-56-54(44-32-26-41(27-33-44)47-16-8-13-40-12-4-5-14-46(40)47)58-55(57-53)45-34-28-42(29-35-45)48-17-9-18-50-49-15-6-7-19-51(49)59-52(48)50/h1-35,49,51H. The molecule has 2 atom stereocenters. The highest BCUT2D eigenvalue weighted by atomic mass is 32.2. The summed E-state index contributed by atoms with van der Waals surface area (Å²) in [6, 6.07) is 66.8. The van der Waals surface area contributed by atoms with E-state index in [9.17, 15) is 0 Å². The van der Waals surface area contributed by atoms with Gasteiger partial charge in [0.25, 0.3) is 0 Å². The van der Waals surface area contributed by atoms with E-state index >= 15 is 0 Å². The number of benzene rings is 8. The van der Waals surface area contributed by atoms with Crippen LogP contribution >= 0.6 is 11.8 Å². The Bertz CT molecular complexity index is 3040. The fraction of sp³-hybridized carbons (Fsp3) is 0.0364. The van der Waals surface area contributed by atoms with Gasteiger partial charge in [-0.05, 0) is 60.8 Å². The number of nitrogens with zero attached hydrogens (tertiary/aromatic N) is 3. The molecular formula is C55H37N3S. The highest BCUT2D eigenvalue weighted by Gasteiger charge is 2.32. The minimum Gasteiger partial charge on any atom is -0.208 e. The Hall–Kier alpha value is -7.14. The van der Waals surface area contributed by atoms with Gasteiger partial charge >= 0.3 is 0 Å². The molecule has 0 saturated heterocycles. The molecule has 0 N–H and O–H groups in total. The van der Waals surface area contributed by atoms with E-state index in [0.717, 1.165) is 33.4 Å². The third-order valence-electron chi connectivity index (χ3n) is 11.5. The normalized spacial score (nSPS) is 15.3. The van der Waals surface area contributed by atoms with E-state index in [1.54, 1.807) is 0 Å². The largest absolute Gasteiger partial charge is 0.208 e. The van der Waals surface area contributed by atoms with E-state index in [2.05, 4.69) is 206 Å². The van der Waals surface area contributed by atoms with Gasteiger partial charge in [-0.1, -0.05) is 212 Å². The van der Waals surface area contributed by atoms with Gasteiger partial charge in [0.1, 0.15) is 0 Å². The summed E-state index contributed by atoms with van der Waals surface area (Å²) in [6.07, 6.45) is 9.00. The van der Waals surface area contributed by atoms with E-state index in [4.69, 9.17) is 15.0 Å². The first-order valence-electron chi connectivity index (χ1n) is 20.1. The molecule has 2 heterocycles. The Kier molecular flexibility index (Phi) is 8.90. The topological polar surface area (TPSA) is 38.7 Å². The molecule has 0 fully saturated rings. The van der Waals surface area contributed by atoms with Crippen LogP contribution in [0.5, 0.6) is 0 Å². The molecule has 2 unspecified atom stereocenters. The molecule has 9 aromatic rings. The zero-order valence-electron chi connectivity index (χ0n) is 32.1. The van der Waals surface area contributed by atoms with Crippen LogP contribution in [0.25, 0.3) is 89.4 Å². The molecule has 11 rings (SSSR count). The van der Waals surface area contributed by atoms with Crippen molar-refractivity contribution in [3.63, 3.8) is 0 Å². The van der Waals surface area contributed by atoms with E-state index in [-0.39, 0.29) is 0 Å². The van der Waals surface area contributed by atoms with Crippen molar-refractivity contribution in [2.24, 2.45) is 0 Å². The molecule has 1 aliphatic heterocycles. The van der Waals surface area contributed by atoms with Crippen LogP contribution in [0.3, 0.4) is 0 Å². The Morgan fingerprint density at radius 2 is 0.780 bits per heavy atom. The summed E-state index contributed by atoms with van der Waals surface area (Å²) in [7, 11) is 0. The molecule has 3 nitrogen and oxygen atoms in total. The zero-order valence-corrected chi connectivity index (χ0v) is 32.9. The first kappa shape index (κ1) is 35.1. The lowest BCUT2D eigenvalue weighted by molar-refractivity contribution is 0.881. The molecule has 0 spiro atoms. The molecule has 278 valence electrons. The minimum atomic E-state index is 0.427. The Balaban J connectivity index is 0.949. The average molecular weight is 772 g/mol. The SMILES string of the molecule is C1=CC2Sc3c(-c4ccc(-c5nc(-c6ccc(-c7ccc(-c8ccccc8)cc7)cc6)nc(-c6ccc(-c7cccc8ccccc78)cc6)n5)cc4)cccc3C2C=C1. The van der Waals surface area contributed by atoms with Crippen LogP contribution in [0, 0.1) is 0 Å². The third-order valence-corrected chi connectivity index (χ3v) is 13.0. The van der Waals surface area contributed by atoms with Crippen LogP contribution in [0.4, 0.5) is 0 Å². The van der Waals surface area contributed by atoms with Crippen molar-refractivity contribution in [1.29, 1.82) is 0 Å². The Labute approximate surface area is 348 Å². The van der Waals surface area contributed by atoms with E-state index < -0.39 is 0 Å². The van der Waals surface area contributed by atoms with E-state index in [1.807, 2.05) is 17.8 Å². The van der Waals surface area contributed by atoms with Gasteiger partial charge in [-0.3, -0.25) is 0 Å². The summed E-state index contributed by atoms with van der Waals surface area (Å²) in [5.74, 6) is 2.35.